The van der Waals surface area contributed by atoms with Gasteiger partial charge in [0.25, 0.3) is 0 Å². The molecule has 0 saturated heterocycles. The van der Waals surface area contributed by atoms with Gasteiger partial charge in [-0.2, -0.15) is 0 Å². The minimum Gasteiger partial charge on any atom is -0.496 e. The van der Waals surface area contributed by atoms with Crippen LogP contribution in [0, 0.1) is 0 Å². The molecule has 0 unspecified atom stereocenters. The molecule has 0 aliphatic carbocycles. The van der Waals surface area contributed by atoms with E-state index in [2.05, 4.69) is 36.7 Å². The van der Waals surface area contributed by atoms with Crippen LogP contribution in [0.15, 0.2) is 46.9 Å². The van der Waals surface area contributed by atoms with E-state index >= 15 is 0 Å². The van der Waals surface area contributed by atoms with Gasteiger partial charge in [0.15, 0.2) is 0 Å². The van der Waals surface area contributed by atoms with Crippen LogP contribution in [0.5, 0.6) is 11.5 Å². The van der Waals surface area contributed by atoms with E-state index in [0.29, 0.717) is 17.1 Å². The number of hydrogen-bond acceptors (Lipinski definition) is 3. The topological polar surface area (TPSA) is 35.5 Å². The molecule has 0 radical (unpaired) electrons. The molecule has 4 heteroatoms. The quantitative estimate of drug-likeness (QED) is 0.570. The molecule has 0 aliphatic heterocycles. The van der Waals surface area contributed by atoms with E-state index in [9.17, 15) is 4.79 Å². The van der Waals surface area contributed by atoms with Crippen LogP contribution in [-0.4, -0.2) is 13.1 Å². The normalized spacial score (nSPS) is 11.1. The Morgan fingerprint density at radius 3 is 2.36 bits per heavy atom. The highest BCUT2D eigenvalue weighted by Gasteiger charge is 2.22. The Kier molecular flexibility index (Phi) is 4.91. The summed E-state index contributed by atoms with van der Waals surface area (Å²) in [7, 11) is 1.53. The average molecular weight is 363 g/mol. The third-order valence-corrected chi connectivity index (χ3v) is 3.77. The molecule has 0 atom stereocenters. The van der Waals surface area contributed by atoms with E-state index in [1.807, 2.05) is 18.2 Å². The lowest BCUT2D eigenvalue weighted by Gasteiger charge is -2.22. The Hall–Kier alpha value is -1.81. The lowest BCUT2D eigenvalue weighted by molar-refractivity contribution is 0.0728. The van der Waals surface area contributed by atoms with Gasteiger partial charge in [0, 0.05) is 10.0 Å². The van der Waals surface area contributed by atoms with Crippen molar-refractivity contribution in [3.63, 3.8) is 0 Å². The Labute approximate surface area is 139 Å². The zero-order chi connectivity index (χ0) is 16.3. The number of methoxy groups -OCH3 is 1. The van der Waals surface area contributed by atoms with E-state index in [1.54, 1.807) is 24.3 Å². The summed E-state index contributed by atoms with van der Waals surface area (Å²) in [6.45, 7) is 6.24. The molecule has 0 bridgehead atoms. The molecule has 0 saturated carbocycles. The molecule has 3 nitrogen and oxygen atoms in total. The first-order chi connectivity index (χ1) is 10.3. The summed E-state index contributed by atoms with van der Waals surface area (Å²) in [5.74, 6) is 0.638. The summed E-state index contributed by atoms with van der Waals surface area (Å²) < 4.78 is 11.8. The molecule has 0 amide bonds. The number of rotatable bonds is 3. The monoisotopic (exact) mass is 362 g/mol. The largest absolute Gasteiger partial charge is 0.496 e. The van der Waals surface area contributed by atoms with E-state index < -0.39 is 5.97 Å². The van der Waals surface area contributed by atoms with Gasteiger partial charge in [-0.15, -0.1) is 0 Å². The summed E-state index contributed by atoms with van der Waals surface area (Å²) in [5.41, 5.74) is 1.23. The smallest absolute Gasteiger partial charge is 0.347 e. The van der Waals surface area contributed by atoms with Gasteiger partial charge in [-0.1, -0.05) is 48.8 Å². The van der Waals surface area contributed by atoms with E-state index in [4.69, 9.17) is 9.47 Å². The molecule has 2 rings (SSSR count). The fourth-order valence-corrected chi connectivity index (χ4v) is 2.51. The molecule has 116 valence electrons. The van der Waals surface area contributed by atoms with Crippen molar-refractivity contribution in [3.8, 4) is 11.5 Å². The van der Waals surface area contributed by atoms with Crippen molar-refractivity contribution in [1.82, 2.24) is 0 Å². The summed E-state index contributed by atoms with van der Waals surface area (Å²) in [5, 5.41) is 0. The molecule has 0 aliphatic rings. The summed E-state index contributed by atoms with van der Waals surface area (Å²) in [6.07, 6.45) is 0. The van der Waals surface area contributed by atoms with Crippen molar-refractivity contribution in [1.29, 1.82) is 0 Å². The number of ether oxygens (including phenoxy) is 2. The maximum atomic E-state index is 12.4. The van der Waals surface area contributed by atoms with E-state index in [1.165, 1.54) is 7.11 Å². The third kappa shape index (κ3) is 3.69. The van der Waals surface area contributed by atoms with Crippen molar-refractivity contribution >= 4 is 21.9 Å². The lowest BCUT2D eigenvalue weighted by atomic mass is 9.86. The highest BCUT2D eigenvalue weighted by atomic mass is 79.9. The van der Waals surface area contributed by atoms with Crippen LogP contribution >= 0.6 is 15.9 Å². The van der Waals surface area contributed by atoms with Gasteiger partial charge in [-0.25, -0.2) is 4.79 Å². The predicted molar refractivity (Wildman–Crippen MR) is 90.8 cm³/mol. The number of hydrogen-bond donors (Lipinski definition) is 0. The number of halogens is 1. The van der Waals surface area contributed by atoms with Crippen LogP contribution < -0.4 is 9.47 Å². The minimum absolute atomic E-state index is 0.139. The summed E-state index contributed by atoms with van der Waals surface area (Å²) >= 11 is 3.46. The molecule has 2 aromatic carbocycles. The molecule has 0 fully saturated rings. The Balaban J connectivity index is 2.37. The van der Waals surface area contributed by atoms with E-state index in [0.717, 1.165) is 10.0 Å². The predicted octanol–water partition coefficient (Wildman–Crippen LogP) is 4.97. The minimum atomic E-state index is -0.426. The first-order valence-corrected chi connectivity index (χ1v) is 7.77. The van der Waals surface area contributed by atoms with Gasteiger partial charge in [0.2, 0.25) is 0 Å². The standard InChI is InChI=1S/C18H19BrO3/c1-18(2,3)14-11-12(19)9-10-16(14)22-17(20)13-7-5-6-8-15(13)21-4/h5-11H,1-4H3. The maximum Gasteiger partial charge on any atom is 0.347 e. The zero-order valence-electron chi connectivity index (χ0n) is 13.1. The summed E-state index contributed by atoms with van der Waals surface area (Å²) in [4.78, 5) is 12.4. The van der Waals surface area contributed by atoms with Crippen LogP contribution in [0.2, 0.25) is 0 Å². The molecule has 2 aromatic rings. The number of carbonyl (C=O) groups excluding carboxylic acids is 1. The molecular weight excluding hydrogens is 344 g/mol. The Bertz CT molecular complexity index is 687. The molecule has 22 heavy (non-hydrogen) atoms. The van der Waals surface area contributed by atoms with Crippen molar-refractivity contribution in [2.45, 2.75) is 26.2 Å². The number of para-hydroxylation sites is 1. The number of benzene rings is 2. The van der Waals surface area contributed by atoms with Gasteiger partial charge in [0.1, 0.15) is 17.1 Å². The fourth-order valence-electron chi connectivity index (χ4n) is 2.15. The van der Waals surface area contributed by atoms with Crippen molar-refractivity contribution in [2.75, 3.05) is 7.11 Å². The van der Waals surface area contributed by atoms with Crippen molar-refractivity contribution < 1.29 is 14.3 Å². The first kappa shape index (κ1) is 16.6. The van der Waals surface area contributed by atoms with E-state index in [-0.39, 0.29) is 5.41 Å². The van der Waals surface area contributed by atoms with Crippen molar-refractivity contribution in [2.24, 2.45) is 0 Å². The van der Waals surface area contributed by atoms with Crippen LogP contribution in [-0.2, 0) is 5.41 Å². The van der Waals surface area contributed by atoms with Crippen LogP contribution in [0.4, 0.5) is 0 Å². The van der Waals surface area contributed by atoms with Gasteiger partial charge in [-0.05, 0) is 35.7 Å². The summed E-state index contributed by atoms with van der Waals surface area (Å²) in [6, 6.07) is 12.7. The fraction of sp³-hybridized carbons (Fsp3) is 0.278. The van der Waals surface area contributed by atoms with Gasteiger partial charge in [-0.3, -0.25) is 0 Å². The molecule has 0 N–H and O–H groups in total. The van der Waals surface area contributed by atoms with Crippen LogP contribution in [0.25, 0.3) is 0 Å². The van der Waals surface area contributed by atoms with Crippen molar-refractivity contribution in [3.05, 3.63) is 58.1 Å². The van der Waals surface area contributed by atoms with Gasteiger partial charge < -0.3 is 9.47 Å². The Morgan fingerprint density at radius 2 is 1.73 bits per heavy atom. The molecule has 0 heterocycles. The Morgan fingerprint density at radius 1 is 1.05 bits per heavy atom. The second kappa shape index (κ2) is 6.53. The van der Waals surface area contributed by atoms with Crippen LogP contribution in [0.3, 0.4) is 0 Å². The first-order valence-electron chi connectivity index (χ1n) is 6.98. The molecule has 0 aromatic heterocycles. The second-order valence-corrected chi connectivity index (χ2v) is 6.90. The lowest BCUT2D eigenvalue weighted by Crippen LogP contribution is -2.17. The SMILES string of the molecule is COc1ccccc1C(=O)Oc1ccc(Br)cc1C(C)(C)C. The third-order valence-electron chi connectivity index (χ3n) is 3.28. The number of esters is 1. The zero-order valence-corrected chi connectivity index (χ0v) is 14.7. The highest BCUT2D eigenvalue weighted by Crippen LogP contribution is 2.34. The molecular formula is C18H19BrO3. The van der Waals surface area contributed by atoms with Crippen LogP contribution in [0.1, 0.15) is 36.7 Å². The number of carbonyl (C=O) groups is 1. The highest BCUT2D eigenvalue weighted by molar-refractivity contribution is 9.10. The van der Waals surface area contributed by atoms with Gasteiger partial charge >= 0.3 is 5.97 Å². The average Bonchev–Trinajstić information content (AvgIpc) is 2.48. The maximum absolute atomic E-state index is 12.4. The molecule has 0 spiro atoms. The van der Waals surface area contributed by atoms with Gasteiger partial charge in [0.05, 0.1) is 7.11 Å². The second-order valence-electron chi connectivity index (χ2n) is 5.98.